The molecule has 1 aromatic carbocycles. The van der Waals surface area contributed by atoms with E-state index in [1.807, 2.05) is 13.8 Å². The average molecular weight is 305 g/mol. The molecule has 0 spiro atoms. The van der Waals surface area contributed by atoms with Crippen LogP contribution in [0.15, 0.2) is 29.2 Å². The molecule has 0 saturated heterocycles. The van der Waals surface area contributed by atoms with Gasteiger partial charge in [-0.1, -0.05) is 26.3 Å². The summed E-state index contributed by atoms with van der Waals surface area (Å²) in [7, 11) is -1.06. The number of halogens is 1. The lowest BCUT2D eigenvalue weighted by atomic mass is 9.99. The van der Waals surface area contributed by atoms with Crippen LogP contribution in [0.2, 0.25) is 0 Å². The lowest BCUT2D eigenvalue weighted by molar-refractivity contribution is -0.118. The minimum Gasteiger partial charge on any atom is -0.325 e. The van der Waals surface area contributed by atoms with Crippen LogP contribution < -0.4 is 11.1 Å². The van der Waals surface area contributed by atoms with Crippen LogP contribution in [0.25, 0.3) is 0 Å². The monoisotopic (exact) mass is 304 g/mol. The van der Waals surface area contributed by atoms with Crippen LogP contribution in [0.4, 0.5) is 5.69 Å². The summed E-state index contributed by atoms with van der Waals surface area (Å²) in [6.45, 7) is 3.94. The number of carbonyl (C=O) groups is 1. The molecule has 0 saturated carbocycles. The highest BCUT2D eigenvalue weighted by Gasteiger charge is 2.19. The second-order valence-electron chi connectivity index (χ2n) is 4.38. The van der Waals surface area contributed by atoms with E-state index in [0.717, 1.165) is 6.42 Å². The molecule has 1 amide bonds. The molecular weight excluding hydrogens is 284 g/mol. The van der Waals surface area contributed by atoms with Crippen LogP contribution in [0, 0.1) is 5.92 Å². The van der Waals surface area contributed by atoms with E-state index in [9.17, 15) is 9.00 Å². The van der Waals surface area contributed by atoms with Crippen molar-refractivity contribution in [2.24, 2.45) is 11.7 Å². The van der Waals surface area contributed by atoms with Gasteiger partial charge < -0.3 is 11.1 Å². The van der Waals surface area contributed by atoms with Crippen molar-refractivity contribution >= 4 is 34.8 Å². The second kappa shape index (κ2) is 8.30. The van der Waals surface area contributed by atoms with E-state index in [0.29, 0.717) is 10.6 Å². The van der Waals surface area contributed by atoms with Gasteiger partial charge in [-0.2, -0.15) is 0 Å². The first-order chi connectivity index (χ1) is 8.45. The SMILES string of the molecule is CCC(C)C(N)C(=O)Nc1cccc(S(C)=O)c1.Cl. The van der Waals surface area contributed by atoms with E-state index in [4.69, 9.17) is 5.73 Å². The normalized spacial score (nSPS) is 14.9. The highest BCUT2D eigenvalue weighted by molar-refractivity contribution is 7.84. The molecule has 0 radical (unpaired) electrons. The Hall–Kier alpha value is -0.910. The highest BCUT2D eigenvalue weighted by Crippen LogP contribution is 2.14. The lowest BCUT2D eigenvalue weighted by Gasteiger charge is -2.17. The van der Waals surface area contributed by atoms with Gasteiger partial charge in [0.25, 0.3) is 0 Å². The topological polar surface area (TPSA) is 72.2 Å². The zero-order valence-corrected chi connectivity index (χ0v) is 13.0. The summed E-state index contributed by atoms with van der Waals surface area (Å²) in [5, 5.41) is 2.75. The first kappa shape index (κ1) is 18.1. The molecule has 0 aliphatic rings. The Bertz CT molecular complexity index is 454. The highest BCUT2D eigenvalue weighted by atomic mass is 35.5. The molecule has 0 bridgehead atoms. The maximum Gasteiger partial charge on any atom is 0.241 e. The van der Waals surface area contributed by atoms with Crippen LogP contribution in [-0.2, 0) is 15.6 Å². The molecule has 0 fully saturated rings. The van der Waals surface area contributed by atoms with Crippen molar-refractivity contribution in [3.63, 3.8) is 0 Å². The Morgan fingerprint density at radius 2 is 2.11 bits per heavy atom. The molecule has 1 aromatic rings. The van der Waals surface area contributed by atoms with Crippen LogP contribution in [0.1, 0.15) is 20.3 Å². The minimum atomic E-state index is -1.06. The Labute approximate surface area is 123 Å². The van der Waals surface area contributed by atoms with Gasteiger partial charge in [-0.25, -0.2) is 0 Å². The molecule has 19 heavy (non-hydrogen) atoms. The van der Waals surface area contributed by atoms with Gasteiger partial charge in [-0.3, -0.25) is 9.00 Å². The van der Waals surface area contributed by atoms with Gasteiger partial charge in [0.15, 0.2) is 0 Å². The third-order valence-electron chi connectivity index (χ3n) is 2.99. The third-order valence-corrected chi connectivity index (χ3v) is 3.91. The van der Waals surface area contributed by atoms with Gasteiger partial charge in [0, 0.05) is 27.6 Å². The zero-order valence-electron chi connectivity index (χ0n) is 11.4. The van der Waals surface area contributed by atoms with Gasteiger partial charge in [0.05, 0.1) is 6.04 Å². The third kappa shape index (κ3) is 5.30. The lowest BCUT2D eigenvalue weighted by Crippen LogP contribution is -2.40. The van der Waals surface area contributed by atoms with E-state index in [1.165, 1.54) is 0 Å². The number of benzene rings is 1. The number of anilines is 1. The molecule has 0 heterocycles. The molecule has 108 valence electrons. The largest absolute Gasteiger partial charge is 0.325 e. The number of amides is 1. The number of hydrogen-bond donors (Lipinski definition) is 2. The number of carbonyl (C=O) groups excluding carboxylic acids is 1. The molecule has 3 unspecified atom stereocenters. The summed E-state index contributed by atoms with van der Waals surface area (Å²) in [6.07, 6.45) is 2.46. The van der Waals surface area contributed by atoms with Crippen LogP contribution in [0.3, 0.4) is 0 Å². The summed E-state index contributed by atoms with van der Waals surface area (Å²) >= 11 is 0. The van der Waals surface area contributed by atoms with E-state index in [-0.39, 0.29) is 24.2 Å². The Kier molecular flexibility index (Phi) is 7.90. The molecule has 4 nitrogen and oxygen atoms in total. The van der Waals surface area contributed by atoms with E-state index >= 15 is 0 Å². The van der Waals surface area contributed by atoms with Gasteiger partial charge in [0.2, 0.25) is 5.91 Å². The van der Waals surface area contributed by atoms with Crippen LogP contribution >= 0.6 is 12.4 Å². The number of nitrogens with two attached hydrogens (primary N) is 1. The first-order valence-electron chi connectivity index (χ1n) is 5.95. The molecule has 0 aliphatic heterocycles. The van der Waals surface area contributed by atoms with Crippen molar-refractivity contribution in [2.75, 3.05) is 11.6 Å². The molecule has 0 aliphatic carbocycles. The van der Waals surface area contributed by atoms with Gasteiger partial charge >= 0.3 is 0 Å². The summed E-state index contributed by atoms with van der Waals surface area (Å²) < 4.78 is 11.3. The van der Waals surface area contributed by atoms with Crippen LogP contribution in [-0.4, -0.2) is 22.4 Å². The molecular formula is C13H21ClN2O2S. The molecule has 0 aromatic heterocycles. The standard InChI is InChI=1S/C13H20N2O2S.ClH/c1-4-9(2)12(14)13(16)15-10-6-5-7-11(8-10)18(3)17;/h5-9,12H,4,14H2,1-3H3,(H,15,16);1H. The first-order valence-corrected chi connectivity index (χ1v) is 7.51. The average Bonchev–Trinajstić information content (AvgIpc) is 2.37. The van der Waals surface area contributed by atoms with Crippen molar-refractivity contribution in [1.82, 2.24) is 0 Å². The van der Waals surface area contributed by atoms with Gasteiger partial charge in [-0.15, -0.1) is 12.4 Å². The van der Waals surface area contributed by atoms with Crippen molar-refractivity contribution < 1.29 is 9.00 Å². The van der Waals surface area contributed by atoms with Crippen molar-refractivity contribution in [3.8, 4) is 0 Å². The molecule has 3 atom stereocenters. The zero-order chi connectivity index (χ0) is 13.7. The fourth-order valence-electron chi connectivity index (χ4n) is 1.49. The second-order valence-corrected chi connectivity index (χ2v) is 5.76. The minimum absolute atomic E-state index is 0. The van der Waals surface area contributed by atoms with Gasteiger partial charge in [0.1, 0.15) is 0 Å². The van der Waals surface area contributed by atoms with E-state index < -0.39 is 16.8 Å². The fourth-order valence-corrected chi connectivity index (χ4v) is 2.05. The summed E-state index contributed by atoms with van der Waals surface area (Å²) in [4.78, 5) is 12.6. The summed E-state index contributed by atoms with van der Waals surface area (Å²) in [5.74, 6) is -0.0723. The molecule has 1 rings (SSSR count). The molecule has 3 N–H and O–H groups in total. The quantitative estimate of drug-likeness (QED) is 0.875. The summed E-state index contributed by atoms with van der Waals surface area (Å²) in [5.41, 5.74) is 6.48. The van der Waals surface area contributed by atoms with Crippen molar-refractivity contribution in [2.45, 2.75) is 31.2 Å². The Balaban J connectivity index is 0.00000324. The van der Waals surface area contributed by atoms with Crippen molar-refractivity contribution in [1.29, 1.82) is 0 Å². The fraction of sp³-hybridized carbons (Fsp3) is 0.462. The maximum absolute atomic E-state index is 11.9. The van der Waals surface area contributed by atoms with Crippen molar-refractivity contribution in [3.05, 3.63) is 24.3 Å². The van der Waals surface area contributed by atoms with E-state index in [1.54, 1.807) is 30.5 Å². The Morgan fingerprint density at radius 1 is 1.47 bits per heavy atom. The maximum atomic E-state index is 11.9. The van der Waals surface area contributed by atoms with Gasteiger partial charge in [-0.05, 0) is 24.1 Å². The number of hydrogen-bond acceptors (Lipinski definition) is 3. The predicted molar refractivity (Wildman–Crippen MR) is 82.1 cm³/mol. The number of rotatable bonds is 5. The number of nitrogens with one attached hydrogen (secondary N) is 1. The molecule has 6 heteroatoms. The van der Waals surface area contributed by atoms with Crippen LogP contribution in [0.5, 0.6) is 0 Å². The summed E-state index contributed by atoms with van der Waals surface area (Å²) in [6, 6.07) is 6.47. The predicted octanol–water partition coefficient (Wildman–Crippen LogP) is 2.16. The van der Waals surface area contributed by atoms with E-state index in [2.05, 4.69) is 5.32 Å². The Morgan fingerprint density at radius 3 is 2.63 bits per heavy atom. The smallest absolute Gasteiger partial charge is 0.241 e.